The molecule has 0 bridgehead atoms. The number of carbonyl (C=O) groups is 1. The van der Waals surface area contributed by atoms with Crippen molar-refractivity contribution >= 4 is 61.8 Å². The largest absolute Gasteiger partial charge is 0.474 e. The molecule has 4 saturated heterocycles. The van der Waals surface area contributed by atoms with Crippen molar-refractivity contribution in [1.82, 2.24) is 24.8 Å². The second kappa shape index (κ2) is 36.5. The number of nitrogens with two attached hydrogens (primary N) is 1. The topological polar surface area (TPSA) is 633 Å². The van der Waals surface area contributed by atoms with E-state index in [2.05, 4.69) is 20.3 Å². The SMILES string of the molecule is CC(=O)NC1[C@H](OCCOP(=O)(O)OCOCC(COCOP(=O)(O)OCCO[C@@H]2OC(CO)[C@H](O)[C@H](O)C2C)(COP(=O)(O)OCCO[C@@H]2OC(CO)[C@H](O)[C@H](O)C2C)COP(=O)(O)OC[C@H]2O[C@@H](n3cnc4c(N)ncnc43)CC2OP(C)(=O)O)OC(CO)[C@H](O)[C@@H]1O. The van der Waals surface area contributed by atoms with E-state index in [1.54, 1.807) is 0 Å². The Morgan fingerprint density at radius 3 is 1.49 bits per heavy atom. The quantitative estimate of drug-likeness (QED) is 0.0170. The number of phosphoric acid groups is 4. The first-order valence-electron chi connectivity index (χ1n) is 28.7. The lowest BCUT2D eigenvalue weighted by molar-refractivity contribution is -0.283. The van der Waals surface area contributed by atoms with Gasteiger partial charge in [0, 0.05) is 31.8 Å². The Labute approximate surface area is 540 Å². The third kappa shape index (κ3) is 24.4. The molecule has 4 aliphatic heterocycles. The van der Waals surface area contributed by atoms with Crippen molar-refractivity contribution in [2.45, 2.75) is 125 Å². The lowest BCUT2D eigenvalue weighted by atomic mass is 9.92. The summed E-state index contributed by atoms with van der Waals surface area (Å²) in [6.07, 6.45) is -18.9. The van der Waals surface area contributed by atoms with Gasteiger partial charge in [0.15, 0.2) is 43.9 Å². The minimum absolute atomic E-state index is 0.00690. The summed E-state index contributed by atoms with van der Waals surface area (Å²) in [5.41, 5.74) is 3.89. The first-order valence-corrected chi connectivity index (χ1v) is 36.7. The number of anilines is 1. The number of amides is 1. The second-order valence-electron chi connectivity index (χ2n) is 22.0. The lowest BCUT2D eigenvalue weighted by Crippen LogP contribution is -2.64. The molecule has 0 radical (unpaired) electrons. The van der Waals surface area contributed by atoms with E-state index >= 15 is 0 Å². The van der Waals surface area contributed by atoms with Crippen LogP contribution in [0.5, 0.6) is 0 Å². The highest BCUT2D eigenvalue weighted by Crippen LogP contribution is 2.51. The number of nitrogens with one attached hydrogen (secondary N) is 1. The molecule has 0 saturated carbocycles. The number of nitrogens with zero attached hydrogens (tertiary/aromatic N) is 4. The van der Waals surface area contributed by atoms with Gasteiger partial charge in [-0.3, -0.25) is 50.1 Å². The molecular formula is C46H83N6O38P5. The number of hydrogen-bond acceptors (Lipinski definition) is 37. The molecule has 550 valence electrons. The van der Waals surface area contributed by atoms with Crippen LogP contribution in [0.4, 0.5) is 5.82 Å². The van der Waals surface area contributed by atoms with Gasteiger partial charge in [-0.1, -0.05) is 13.8 Å². The van der Waals surface area contributed by atoms with E-state index in [1.807, 2.05) is 0 Å². The van der Waals surface area contributed by atoms with Crippen LogP contribution in [0.15, 0.2) is 12.7 Å². The van der Waals surface area contributed by atoms with E-state index in [-0.39, 0.29) is 23.4 Å². The Bertz CT molecular complexity index is 2960. The fraction of sp³-hybridized carbons (Fsp3) is 0.870. The predicted molar refractivity (Wildman–Crippen MR) is 307 cm³/mol. The van der Waals surface area contributed by atoms with E-state index in [0.29, 0.717) is 0 Å². The zero-order valence-corrected chi connectivity index (χ0v) is 55.7. The van der Waals surface area contributed by atoms with Crippen LogP contribution in [0.2, 0.25) is 0 Å². The highest BCUT2D eigenvalue weighted by atomic mass is 31.2. The Balaban J connectivity index is 1.18. The summed E-state index contributed by atoms with van der Waals surface area (Å²) in [4.78, 5) is 77.5. The molecule has 17 N–H and O–H groups in total. The summed E-state index contributed by atoms with van der Waals surface area (Å²) in [5.74, 6) is -2.46. The number of fused-ring (bicyclic) bond motifs is 1. The molecule has 4 fully saturated rings. The van der Waals surface area contributed by atoms with Gasteiger partial charge in [0.2, 0.25) is 5.91 Å². The van der Waals surface area contributed by atoms with Crippen molar-refractivity contribution in [3.8, 4) is 0 Å². The van der Waals surface area contributed by atoms with Crippen LogP contribution in [0.3, 0.4) is 0 Å². The normalized spacial score (nSPS) is 33.7. The number of hydrogen-bond donors (Lipinski definition) is 16. The number of phosphoric ester groups is 4. The molecule has 0 spiro atoms. The van der Waals surface area contributed by atoms with E-state index in [1.165, 1.54) is 24.7 Å². The van der Waals surface area contributed by atoms with Gasteiger partial charge < -0.3 is 129 Å². The highest BCUT2D eigenvalue weighted by Gasteiger charge is 2.48. The summed E-state index contributed by atoms with van der Waals surface area (Å²) in [6, 6.07) is -1.40. The summed E-state index contributed by atoms with van der Waals surface area (Å²) in [6.45, 7) is -9.56. The van der Waals surface area contributed by atoms with Gasteiger partial charge in [0.1, 0.15) is 72.9 Å². The molecule has 4 aliphatic rings. The van der Waals surface area contributed by atoms with E-state index in [0.717, 1.165) is 19.9 Å². The maximum Gasteiger partial charge on any atom is 0.474 e. The Morgan fingerprint density at radius 1 is 0.589 bits per heavy atom. The van der Waals surface area contributed by atoms with E-state index < -0.39 is 266 Å². The molecule has 6 heterocycles. The number of nitrogen functional groups attached to an aromatic ring is 1. The van der Waals surface area contributed by atoms with Crippen molar-refractivity contribution in [1.29, 1.82) is 0 Å². The standard InChI is InChI=1S/C46H83N6O38P5/c1-24-35(57)37(59)28(12-53)87-43(24)75-5-8-78-92(65,66)82-18-46(16-73-22-84-93(67,68)79-9-6-76-44-25(2)36(58)38(60)29(13-54)88-44,17-74-23-85-94(69,70)80-10-7-77-45-33(51-26(3)56)40(62)39(61)30(14-55)89-45)19-83-95(71,72)81-15-31-27(90-91(4,63)64)11-32(86-31)52-21-50-34-41(47)48-20-49-42(34)52/h20-21,24-25,27-33,35-40,43-45,53-55,57-62H,5-19,22-23H2,1-4H3,(H,51,56)(H,63,64)(H,65,66)(H,67,68)(H,69,70)(H,71,72)(H2,47,48,49)/t24?,25?,27?,28?,29?,30?,31-,32-,33?,35-,36-,37+,38+,39+,40-,43-,44-,45-,46?/m1/s1. The van der Waals surface area contributed by atoms with Gasteiger partial charge in [-0.05, 0) is 0 Å². The summed E-state index contributed by atoms with van der Waals surface area (Å²) < 4.78 is 163. The third-order valence-corrected chi connectivity index (χ3v) is 19.0. The molecule has 6 rings (SSSR count). The number of carbonyl (C=O) groups excluding carboxylic acids is 1. The fourth-order valence-electron chi connectivity index (χ4n) is 9.58. The van der Waals surface area contributed by atoms with Crippen LogP contribution >= 0.6 is 38.9 Å². The summed E-state index contributed by atoms with van der Waals surface area (Å²) in [7, 11) is -25.6. The third-order valence-electron chi connectivity index (χ3n) is 14.6. The van der Waals surface area contributed by atoms with Crippen LogP contribution in [0.25, 0.3) is 11.2 Å². The Morgan fingerprint density at radius 2 is 1.03 bits per heavy atom. The minimum atomic E-state index is -5.53. The molecule has 2 aromatic rings. The van der Waals surface area contributed by atoms with Gasteiger partial charge in [0.05, 0.1) is 123 Å². The number of imidazole rings is 1. The lowest BCUT2D eigenvalue weighted by Gasteiger charge is -2.42. The molecule has 24 atom stereocenters. The molecule has 0 aliphatic carbocycles. The average molecular weight is 1480 g/mol. The Kier molecular flexibility index (Phi) is 31.4. The molecule has 1 amide bonds. The van der Waals surface area contributed by atoms with Crippen LogP contribution in [-0.2, 0) is 111 Å². The first-order chi connectivity index (χ1) is 44.5. The molecule has 0 aromatic carbocycles. The van der Waals surface area contributed by atoms with Crippen LogP contribution in [-0.4, -0.2) is 301 Å². The number of aliphatic hydroxyl groups excluding tert-OH is 9. The van der Waals surface area contributed by atoms with Gasteiger partial charge in [-0.25, -0.2) is 33.2 Å². The summed E-state index contributed by atoms with van der Waals surface area (Å²) >= 11 is 0. The van der Waals surface area contributed by atoms with Gasteiger partial charge >= 0.3 is 38.9 Å². The molecule has 95 heavy (non-hydrogen) atoms. The fourth-order valence-corrected chi connectivity index (χ4v) is 13.1. The maximum absolute atomic E-state index is 13.9. The number of aliphatic hydroxyl groups is 9. The maximum atomic E-state index is 13.9. The van der Waals surface area contributed by atoms with Crippen molar-refractivity contribution in [3.63, 3.8) is 0 Å². The van der Waals surface area contributed by atoms with Crippen LogP contribution < -0.4 is 11.1 Å². The monoisotopic (exact) mass is 1480 g/mol. The van der Waals surface area contributed by atoms with Crippen molar-refractivity contribution in [2.75, 3.05) is 118 Å². The number of aromatic nitrogens is 4. The smallest absolute Gasteiger partial charge is 0.394 e. The predicted octanol–water partition coefficient (Wildman–Crippen LogP) is -4.49. The number of rotatable bonds is 41. The average Bonchev–Trinajstić information content (AvgIpc) is 1.68. The van der Waals surface area contributed by atoms with Crippen molar-refractivity contribution in [2.24, 2.45) is 17.3 Å². The van der Waals surface area contributed by atoms with Gasteiger partial charge in [-0.2, -0.15) is 0 Å². The van der Waals surface area contributed by atoms with E-state index in [9.17, 15) is 98.0 Å². The molecular weight excluding hydrogens is 1400 g/mol. The Hall–Kier alpha value is -2.31. The molecule has 13 unspecified atom stereocenters. The zero-order chi connectivity index (χ0) is 70.3. The first kappa shape index (κ1) is 81.7. The number of ether oxygens (including phenoxy) is 9. The van der Waals surface area contributed by atoms with Crippen LogP contribution in [0.1, 0.15) is 33.4 Å². The molecule has 49 heteroatoms. The van der Waals surface area contributed by atoms with Crippen molar-refractivity contribution in [3.05, 3.63) is 12.7 Å². The van der Waals surface area contributed by atoms with Gasteiger partial charge in [0.25, 0.3) is 0 Å². The molecule has 2 aromatic heterocycles. The highest BCUT2D eigenvalue weighted by molar-refractivity contribution is 7.52. The van der Waals surface area contributed by atoms with Crippen LogP contribution in [0, 0.1) is 17.3 Å². The van der Waals surface area contributed by atoms with E-state index in [4.69, 9.17) is 89.1 Å². The summed E-state index contributed by atoms with van der Waals surface area (Å²) in [5, 5.41) is 93.1. The second-order valence-corrected chi connectivity index (χ2v) is 29.6. The zero-order valence-electron chi connectivity index (χ0n) is 51.2. The van der Waals surface area contributed by atoms with Crippen molar-refractivity contribution < 1.29 is 181 Å². The minimum Gasteiger partial charge on any atom is -0.394 e. The van der Waals surface area contributed by atoms with Gasteiger partial charge in [-0.15, -0.1) is 0 Å². The molecule has 44 nitrogen and oxygen atoms in total.